The number of hydrogen-bond donors (Lipinski definition) is 2. The number of rotatable bonds is 9. The zero-order chi connectivity index (χ0) is 28.1. The lowest BCUT2D eigenvalue weighted by molar-refractivity contribution is -0.189. The quantitative estimate of drug-likeness (QED) is 0.457. The Bertz CT molecular complexity index is 1230. The molecule has 0 aromatic heterocycles. The maximum absolute atomic E-state index is 13.9. The number of hydrazine groups is 1. The number of halogens is 2. The molecule has 0 saturated carbocycles. The van der Waals surface area contributed by atoms with Crippen molar-refractivity contribution < 1.29 is 37.8 Å². The fourth-order valence-corrected chi connectivity index (χ4v) is 4.71. The van der Waals surface area contributed by atoms with Crippen LogP contribution >= 0.6 is 0 Å². The molecule has 2 aromatic rings. The summed E-state index contributed by atoms with van der Waals surface area (Å²) >= 11 is 0. The number of hydrogen-bond acceptors (Lipinski definition) is 6. The fourth-order valence-electron chi connectivity index (χ4n) is 4.71. The van der Waals surface area contributed by atoms with E-state index in [0.717, 1.165) is 4.90 Å². The second kappa shape index (κ2) is 12.2. The van der Waals surface area contributed by atoms with Crippen molar-refractivity contribution in [2.75, 3.05) is 33.3 Å². The monoisotopic (exact) mass is 545 g/mol. The van der Waals surface area contributed by atoms with E-state index in [4.69, 9.17) is 4.74 Å². The Kier molecular flexibility index (Phi) is 8.72. The molecule has 2 fully saturated rings. The first-order valence-corrected chi connectivity index (χ1v) is 12.3. The molecule has 4 rings (SSSR count). The van der Waals surface area contributed by atoms with Gasteiger partial charge < -0.3 is 25.0 Å². The summed E-state index contributed by atoms with van der Waals surface area (Å²) in [5.41, 5.74) is 0.995. The minimum Gasteiger partial charge on any atom is -0.481 e. The molecule has 0 unspecified atom stereocenters. The lowest BCUT2D eigenvalue weighted by Crippen LogP contribution is -2.76. The van der Waals surface area contributed by atoms with Crippen molar-refractivity contribution in [1.82, 2.24) is 25.1 Å². The number of ether oxygens (including phenoxy) is 1. The second-order valence-corrected chi connectivity index (χ2v) is 9.27. The molecule has 0 radical (unpaired) electrons. The molecule has 2 N–H and O–H groups in total. The summed E-state index contributed by atoms with van der Waals surface area (Å²) < 4.78 is 32.6. The smallest absolute Gasteiger partial charge is 0.334 e. The van der Waals surface area contributed by atoms with Crippen LogP contribution in [0.3, 0.4) is 0 Å². The molecule has 2 aromatic carbocycles. The van der Waals surface area contributed by atoms with E-state index in [9.17, 15) is 33.1 Å². The van der Waals surface area contributed by atoms with Crippen LogP contribution in [-0.2, 0) is 32.3 Å². The van der Waals surface area contributed by atoms with E-state index in [2.05, 4.69) is 5.32 Å². The van der Waals surface area contributed by atoms with Crippen LogP contribution in [-0.4, -0.2) is 94.2 Å². The summed E-state index contributed by atoms with van der Waals surface area (Å²) in [6.45, 7) is -0.214. The lowest BCUT2D eigenvalue weighted by atomic mass is 10.0. The Morgan fingerprint density at radius 1 is 1.10 bits per heavy atom. The fraction of sp³-hybridized carbons (Fsp3) is 0.385. The number of carbonyl (C=O) groups excluding carboxylic acids is 3. The van der Waals surface area contributed by atoms with Crippen molar-refractivity contribution in [2.45, 2.75) is 31.8 Å². The molecule has 2 saturated heterocycles. The average molecular weight is 546 g/mol. The maximum Gasteiger partial charge on any atom is 0.334 e. The van der Waals surface area contributed by atoms with E-state index >= 15 is 0 Å². The SMILES string of the molecule is CN1CC(=O)N2[C@@H](CC(=O)O)C(=O)N(CCOCc3ccccc3F)C[C@@H]2N1C(=O)NCc1ccc(F)cc1. The number of fused-ring (bicyclic) bond motifs is 1. The summed E-state index contributed by atoms with van der Waals surface area (Å²) in [5.74, 6) is -3.17. The number of piperazine rings is 1. The summed E-state index contributed by atoms with van der Waals surface area (Å²) in [5, 5.41) is 14.9. The summed E-state index contributed by atoms with van der Waals surface area (Å²) in [6.07, 6.45) is -1.61. The number of urea groups is 1. The van der Waals surface area contributed by atoms with Crippen LogP contribution in [0.15, 0.2) is 48.5 Å². The minimum atomic E-state index is -1.32. The lowest BCUT2D eigenvalue weighted by Gasteiger charge is -2.54. The molecule has 13 heteroatoms. The predicted molar refractivity (Wildman–Crippen MR) is 132 cm³/mol. The molecule has 11 nitrogen and oxygen atoms in total. The highest BCUT2D eigenvalue weighted by Crippen LogP contribution is 2.27. The summed E-state index contributed by atoms with van der Waals surface area (Å²) in [7, 11) is 1.54. The number of benzene rings is 2. The Labute approximate surface area is 223 Å². The van der Waals surface area contributed by atoms with Crippen molar-refractivity contribution >= 4 is 23.8 Å². The van der Waals surface area contributed by atoms with Crippen LogP contribution in [0.2, 0.25) is 0 Å². The van der Waals surface area contributed by atoms with Crippen LogP contribution in [0.1, 0.15) is 17.5 Å². The molecule has 2 aliphatic heterocycles. The van der Waals surface area contributed by atoms with Gasteiger partial charge in [0.1, 0.15) is 23.8 Å². The van der Waals surface area contributed by atoms with Crippen LogP contribution in [0.4, 0.5) is 13.6 Å². The first-order chi connectivity index (χ1) is 18.7. The standard InChI is InChI=1S/C26H29F2N5O6/c1-30-15-23(34)32-21(12-24(35)36)25(37)31(10-11-39-16-18-4-2-3-5-20(18)28)14-22(32)33(30)26(38)29-13-17-6-8-19(27)9-7-17/h2-9,21-22H,10-16H2,1H3,(H,29,38)(H,35,36)/t21-,22-/m0/s1. The second-order valence-electron chi connectivity index (χ2n) is 9.27. The summed E-state index contributed by atoms with van der Waals surface area (Å²) in [4.78, 5) is 53.6. The molecule has 0 bridgehead atoms. The minimum absolute atomic E-state index is 0.0210. The highest BCUT2D eigenvalue weighted by molar-refractivity contribution is 5.93. The molecule has 0 spiro atoms. The van der Waals surface area contributed by atoms with Crippen LogP contribution in [0.25, 0.3) is 0 Å². The first kappa shape index (κ1) is 27.9. The van der Waals surface area contributed by atoms with Gasteiger partial charge in [-0.25, -0.2) is 23.6 Å². The van der Waals surface area contributed by atoms with Gasteiger partial charge in [0.15, 0.2) is 0 Å². The molecule has 0 aliphatic carbocycles. The number of likely N-dealkylation sites (N-methyl/N-ethyl adjacent to an activating group) is 1. The van der Waals surface area contributed by atoms with Gasteiger partial charge in [-0.15, -0.1) is 0 Å². The van der Waals surface area contributed by atoms with Gasteiger partial charge in [0, 0.05) is 25.7 Å². The number of carbonyl (C=O) groups is 4. The van der Waals surface area contributed by atoms with Gasteiger partial charge in [-0.1, -0.05) is 30.3 Å². The zero-order valence-corrected chi connectivity index (χ0v) is 21.3. The van der Waals surface area contributed by atoms with Crippen molar-refractivity contribution in [3.8, 4) is 0 Å². The van der Waals surface area contributed by atoms with Crippen molar-refractivity contribution in [3.63, 3.8) is 0 Å². The molecule has 4 amide bonds. The first-order valence-electron chi connectivity index (χ1n) is 12.3. The van der Waals surface area contributed by atoms with Gasteiger partial charge in [-0.2, -0.15) is 0 Å². The molecule has 2 atom stereocenters. The zero-order valence-electron chi connectivity index (χ0n) is 21.3. The number of carboxylic acids is 1. The molecular formula is C26H29F2N5O6. The van der Waals surface area contributed by atoms with Crippen LogP contribution < -0.4 is 5.32 Å². The number of carboxylic acid groups (broad SMARTS) is 1. The number of amides is 4. The number of nitrogens with zero attached hydrogens (tertiary/aromatic N) is 4. The topological polar surface area (TPSA) is 123 Å². The van der Waals surface area contributed by atoms with E-state index < -0.39 is 54.1 Å². The molecule has 208 valence electrons. The Hall–Kier alpha value is -4.10. The van der Waals surface area contributed by atoms with E-state index in [-0.39, 0.29) is 39.4 Å². The van der Waals surface area contributed by atoms with Crippen molar-refractivity contribution in [3.05, 3.63) is 71.3 Å². The Balaban J connectivity index is 1.49. The maximum atomic E-state index is 13.9. The third kappa shape index (κ3) is 6.49. The van der Waals surface area contributed by atoms with E-state index in [0.29, 0.717) is 11.1 Å². The third-order valence-corrected chi connectivity index (χ3v) is 6.59. The molecular weight excluding hydrogens is 516 g/mol. The van der Waals surface area contributed by atoms with Gasteiger partial charge in [0.05, 0.1) is 32.7 Å². The van der Waals surface area contributed by atoms with Gasteiger partial charge >= 0.3 is 12.0 Å². The van der Waals surface area contributed by atoms with Gasteiger partial charge in [0.2, 0.25) is 11.8 Å². The van der Waals surface area contributed by atoms with Crippen molar-refractivity contribution in [2.24, 2.45) is 0 Å². The molecule has 2 heterocycles. The third-order valence-electron chi connectivity index (χ3n) is 6.59. The number of aliphatic carboxylic acids is 1. The van der Waals surface area contributed by atoms with Gasteiger partial charge in [-0.05, 0) is 23.8 Å². The predicted octanol–water partition coefficient (Wildman–Crippen LogP) is 1.39. The van der Waals surface area contributed by atoms with E-state index in [1.54, 1.807) is 18.2 Å². The average Bonchev–Trinajstić information content (AvgIpc) is 2.89. The summed E-state index contributed by atoms with van der Waals surface area (Å²) in [6, 6.07) is 9.81. The normalized spacial score (nSPS) is 19.7. The Morgan fingerprint density at radius 3 is 2.51 bits per heavy atom. The van der Waals surface area contributed by atoms with Crippen LogP contribution in [0, 0.1) is 11.6 Å². The highest BCUT2D eigenvalue weighted by Gasteiger charge is 2.51. The Morgan fingerprint density at radius 2 is 1.82 bits per heavy atom. The van der Waals surface area contributed by atoms with E-state index in [1.165, 1.54) is 52.3 Å². The van der Waals surface area contributed by atoms with Crippen molar-refractivity contribution in [1.29, 1.82) is 0 Å². The van der Waals surface area contributed by atoms with Crippen LogP contribution in [0.5, 0.6) is 0 Å². The number of nitrogens with one attached hydrogen (secondary N) is 1. The highest BCUT2D eigenvalue weighted by atomic mass is 19.1. The molecule has 2 aliphatic rings. The van der Waals surface area contributed by atoms with Gasteiger partial charge in [0.25, 0.3) is 0 Å². The molecule has 39 heavy (non-hydrogen) atoms. The van der Waals surface area contributed by atoms with E-state index in [1.807, 2.05) is 0 Å². The van der Waals surface area contributed by atoms with Gasteiger partial charge in [-0.3, -0.25) is 14.4 Å². The largest absolute Gasteiger partial charge is 0.481 e.